The monoisotopic (exact) mass is 538 g/mol. The van der Waals surface area contributed by atoms with Crippen LogP contribution in [0.15, 0.2) is 89.1 Å². The standard InChI is InChI=1S/C30H29F3N2O4/c1-38-26-12-11-19(15-27(26)39-2)13-14-34-24-16-21(20-7-4-3-5-8-20)17-25(36)28(24)29(37)35-23-10-6-9-22(18-23)30(31,32)33/h3-12,15,18,21,36H,13-14,16-17H2,1-2H3,(H,35,37). The first-order valence-corrected chi connectivity index (χ1v) is 12.4. The number of ether oxygens (including phenoxy) is 2. The normalized spacial score (nSPS) is 16.7. The van der Waals surface area contributed by atoms with Crippen LogP contribution in [0.3, 0.4) is 0 Å². The van der Waals surface area contributed by atoms with Crippen molar-refractivity contribution < 1.29 is 32.5 Å². The van der Waals surface area contributed by atoms with Gasteiger partial charge in [-0.25, -0.2) is 0 Å². The summed E-state index contributed by atoms with van der Waals surface area (Å²) in [5, 5.41) is 13.5. The van der Waals surface area contributed by atoms with Gasteiger partial charge in [-0.1, -0.05) is 42.5 Å². The largest absolute Gasteiger partial charge is 0.511 e. The number of benzene rings is 3. The van der Waals surface area contributed by atoms with Gasteiger partial charge >= 0.3 is 6.18 Å². The van der Waals surface area contributed by atoms with Gasteiger partial charge < -0.3 is 19.9 Å². The van der Waals surface area contributed by atoms with E-state index in [1.165, 1.54) is 12.1 Å². The fourth-order valence-corrected chi connectivity index (χ4v) is 4.60. The highest BCUT2D eigenvalue weighted by Gasteiger charge is 2.33. The first kappa shape index (κ1) is 27.8. The van der Waals surface area contributed by atoms with E-state index in [-0.39, 0.29) is 29.4 Å². The third-order valence-electron chi connectivity index (χ3n) is 6.55. The van der Waals surface area contributed by atoms with Gasteiger partial charge in [0.05, 0.1) is 31.1 Å². The molecule has 9 heteroatoms. The highest BCUT2D eigenvalue weighted by Crippen LogP contribution is 2.35. The maximum atomic E-state index is 13.3. The molecule has 1 aliphatic rings. The van der Waals surface area contributed by atoms with E-state index in [2.05, 4.69) is 10.3 Å². The minimum atomic E-state index is -4.55. The van der Waals surface area contributed by atoms with Gasteiger partial charge in [-0.15, -0.1) is 0 Å². The molecule has 3 aromatic carbocycles. The number of anilines is 1. The molecule has 0 saturated heterocycles. The van der Waals surface area contributed by atoms with E-state index in [1.54, 1.807) is 20.3 Å². The molecule has 6 nitrogen and oxygen atoms in total. The third kappa shape index (κ3) is 6.79. The molecule has 204 valence electrons. The number of nitrogens with zero attached hydrogens (tertiary/aromatic N) is 1. The maximum Gasteiger partial charge on any atom is 0.416 e. The van der Waals surface area contributed by atoms with Crippen LogP contribution in [-0.4, -0.2) is 37.5 Å². The Morgan fingerprint density at radius 2 is 1.72 bits per heavy atom. The van der Waals surface area contributed by atoms with E-state index in [1.807, 2.05) is 42.5 Å². The summed E-state index contributed by atoms with van der Waals surface area (Å²) in [7, 11) is 3.11. The Morgan fingerprint density at radius 1 is 0.974 bits per heavy atom. The first-order chi connectivity index (χ1) is 18.7. The average Bonchev–Trinajstić information content (AvgIpc) is 2.92. The van der Waals surface area contributed by atoms with Crippen LogP contribution >= 0.6 is 0 Å². The second kappa shape index (κ2) is 12.1. The summed E-state index contributed by atoms with van der Waals surface area (Å²) in [5.41, 5.74) is 1.43. The number of aliphatic hydroxyl groups is 1. The lowest BCUT2D eigenvalue weighted by Crippen LogP contribution is -2.28. The minimum Gasteiger partial charge on any atom is -0.511 e. The highest BCUT2D eigenvalue weighted by molar-refractivity contribution is 6.26. The summed E-state index contributed by atoms with van der Waals surface area (Å²) >= 11 is 0. The van der Waals surface area contributed by atoms with Gasteiger partial charge in [-0.05, 0) is 60.2 Å². The lowest BCUT2D eigenvalue weighted by atomic mass is 9.82. The predicted octanol–water partition coefficient (Wildman–Crippen LogP) is 6.73. The summed E-state index contributed by atoms with van der Waals surface area (Å²) in [4.78, 5) is 17.9. The zero-order valence-electron chi connectivity index (χ0n) is 21.6. The number of methoxy groups -OCH3 is 2. The molecule has 0 heterocycles. The number of hydrogen-bond acceptors (Lipinski definition) is 5. The fourth-order valence-electron chi connectivity index (χ4n) is 4.60. The van der Waals surface area contributed by atoms with E-state index in [4.69, 9.17) is 9.47 Å². The van der Waals surface area contributed by atoms with E-state index in [0.29, 0.717) is 36.6 Å². The molecular weight excluding hydrogens is 509 g/mol. The zero-order chi connectivity index (χ0) is 28.0. The molecule has 1 aliphatic carbocycles. The van der Waals surface area contributed by atoms with Crippen molar-refractivity contribution in [3.05, 3.63) is 101 Å². The second-order valence-corrected chi connectivity index (χ2v) is 9.14. The van der Waals surface area contributed by atoms with Gasteiger partial charge in [0.25, 0.3) is 5.91 Å². The lowest BCUT2D eigenvalue weighted by molar-refractivity contribution is -0.137. The molecule has 0 saturated carbocycles. The minimum absolute atomic E-state index is 0.00750. The van der Waals surface area contributed by atoms with Crippen molar-refractivity contribution in [1.82, 2.24) is 0 Å². The van der Waals surface area contributed by atoms with Crippen molar-refractivity contribution in [3.8, 4) is 11.5 Å². The quantitative estimate of drug-likeness (QED) is 0.333. The predicted molar refractivity (Wildman–Crippen MR) is 144 cm³/mol. The van der Waals surface area contributed by atoms with Crippen molar-refractivity contribution in [2.75, 3.05) is 26.1 Å². The van der Waals surface area contributed by atoms with Gasteiger partial charge in [0, 0.05) is 18.7 Å². The van der Waals surface area contributed by atoms with Crippen molar-refractivity contribution >= 4 is 17.3 Å². The molecule has 3 aromatic rings. The van der Waals surface area contributed by atoms with Gasteiger partial charge in [-0.2, -0.15) is 13.2 Å². The number of nitrogens with one attached hydrogen (secondary N) is 1. The summed E-state index contributed by atoms with van der Waals surface area (Å²) in [6.07, 6.45) is -3.41. The van der Waals surface area contributed by atoms with Crippen molar-refractivity contribution in [1.29, 1.82) is 0 Å². The molecule has 0 spiro atoms. The van der Waals surface area contributed by atoms with E-state index < -0.39 is 17.6 Å². The number of halogens is 3. The maximum absolute atomic E-state index is 13.3. The molecule has 1 atom stereocenters. The number of aliphatic hydroxyl groups excluding tert-OH is 1. The number of hydrogen-bond donors (Lipinski definition) is 2. The molecule has 1 amide bonds. The summed E-state index contributed by atoms with van der Waals surface area (Å²) in [5.74, 6) is 0.235. The molecule has 4 rings (SSSR count). The van der Waals surface area contributed by atoms with E-state index in [9.17, 15) is 23.1 Å². The SMILES string of the molecule is COc1ccc(CCN=C2CC(c3ccccc3)CC(O)=C2C(=O)Nc2cccc(C(F)(F)F)c2)cc1OC. The topological polar surface area (TPSA) is 80.2 Å². The number of carbonyl (C=O) groups excluding carboxylic acids is 1. The van der Waals surface area contributed by atoms with Crippen LogP contribution in [0.4, 0.5) is 18.9 Å². The fraction of sp³-hybridized carbons (Fsp3) is 0.267. The molecule has 0 fully saturated rings. The van der Waals surface area contributed by atoms with Gasteiger partial charge in [-0.3, -0.25) is 9.79 Å². The summed E-state index contributed by atoms with van der Waals surface area (Å²) in [6.45, 7) is 0.319. The van der Waals surface area contributed by atoms with E-state index in [0.717, 1.165) is 23.3 Å². The van der Waals surface area contributed by atoms with Crippen molar-refractivity contribution in [2.24, 2.45) is 4.99 Å². The molecule has 0 aliphatic heterocycles. The lowest BCUT2D eigenvalue weighted by Gasteiger charge is -2.26. The Bertz CT molecular complexity index is 1380. The Morgan fingerprint density at radius 3 is 2.41 bits per heavy atom. The molecule has 39 heavy (non-hydrogen) atoms. The summed E-state index contributed by atoms with van der Waals surface area (Å²) < 4.78 is 50.1. The second-order valence-electron chi connectivity index (χ2n) is 9.14. The van der Waals surface area contributed by atoms with Crippen LogP contribution in [0.2, 0.25) is 0 Å². The van der Waals surface area contributed by atoms with Crippen LogP contribution in [-0.2, 0) is 17.4 Å². The van der Waals surface area contributed by atoms with Crippen LogP contribution in [0.25, 0.3) is 0 Å². The zero-order valence-corrected chi connectivity index (χ0v) is 21.6. The van der Waals surface area contributed by atoms with E-state index >= 15 is 0 Å². The Hall–Kier alpha value is -4.27. The number of alkyl halides is 3. The Balaban J connectivity index is 1.60. The molecule has 0 aromatic heterocycles. The molecule has 2 N–H and O–H groups in total. The number of rotatable bonds is 8. The molecule has 1 unspecified atom stereocenters. The van der Waals surface area contributed by atoms with Crippen molar-refractivity contribution in [3.63, 3.8) is 0 Å². The van der Waals surface area contributed by atoms with Gasteiger partial charge in [0.1, 0.15) is 5.76 Å². The van der Waals surface area contributed by atoms with Gasteiger partial charge in [0.2, 0.25) is 0 Å². The van der Waals surface area contributed by atoms with Crippen LogP contribution in [0, 0.1) is 0 Å². The highest BCUT2D eigenvalue weighted by atomic mass is 19.4. The van der Waals surface area contributed by atoms with Crippen molar-refractivity contribution in [2.45, 2.75) is 31.4 Å². The number of allylic oxidation sites excluding steroid dienone is 1. The van der Waals surface area contributed by atoms with Crippen LogP contribution in [0.5, 0.6) is 11.5 Å². The number of aliphatic imine (C=N–C) groups is 1. The Kier molecular flexibility index (Phi) is 8.59. The smallest absolute Gasteiger partial charge is 0.416 e. The number of carbonyl (C=O) groups is 1. The molecular formula is C30H29F3N2O4. The molecule has 0 radical (unpaired) electrons. The third-order valence-corrected chi connectivity index (χ3v) is 6.55. The number of amides is 1. The van der Waals surface area contributed by atoms with Crippen LogP contribution in [0.1, 0.15) is 35.4 Å². The Labute approximate surface area is 224 Å². The van der Waals surface area contributed by atoms with Crippen LogP contribution < -0.4 is 14.8 Å². The first-order valence-electron chi connectivity index (χ1n) is 12.4. The average molecular weight is 539 g/mol. The van der Waals surface area contributed by atoms with Gasteiger partial charge in [0.15, 0.2) is 11.5 Å². The molecule has 0 bridgehead atoms. The summed E-state index contributed by atoms with van der Waals surface area (Å²) in [6, 6.07) is 19.5.